The molecule has 1 saturated heterocycles. The van der Waals surface area contributed by atoms with Gasteiger partial charge in [-0.05, 0) is 0 Å². The summed E-state index contributed by atoms with van der Waals surface area (Å²) in [6.45, 7) is 6.32. The van der Waals surface area contributed by atoms with E-state index in [2.05, 4.69) is 35.9 Å². The van der Waals surface area contributed by atoms with Crippen LogP contribution in [0.2, 0.25) is 0 Å². The van der Waals surface area contributed by atoms with Gasteiger partial charge in [0, 0.05) is 0 Å². The van der Waals surface area contributed by atoms with Gasteiger partial charge in [-0.2, -0.15) is 0 Å². The molecule has 0 amide bonds. The van der Waals surface area contributed by atoms with Gasteiger partial charge in [0.2, 0.25) is 0 Å². The zero-order valence-corrected chi connectivity index (χ0v) is 24.3. The van der Waals surface area contributed by atoms with Crippen molar-refractivity contribution in [3.05, 3.63) is 0 Å². The van der Waals surface area contributed by atoms with Crippen molar-refractivity contribution < 1.29 is 32.7 Å². The Kier molecular flexibility index (Phi) is 15.6. The molecule has 1 rings (SSSR count). The third-order valence-corrected chi connectivity index (χ3v) is 6.41. The van der Waals surface area contributed by atoms with Gasteiger partial charge in [-0.1, -0.05) is 0 Å². The first-order chi connectivity index (χ1) is 15.0. The number of carbonyl (C=O) groups is 1. The summed E-state index contributed by atoms with van der Waals surface area (Å²) in [4.78, 5) is 11.9. The van der Waals surface area contributed by atoms with Crippen LogP contribution in [0, 0.1) is 5.41 Å². The van der Waals surface area contributed by atoms with Crippen molar-refractivity contribution in [1.82, 2.24) is 0 Å². The van der Waals surface area contributed by atoms with E-state index >= 15 is 0 Å². The molecule has 0 aliphatic carbocycles. The van der Waals surface area contributed by atoms with E-state index in [1.54, 1.807) is 0 Å². The molecule has 0 radical (unpaired) electrons. The van der Waals surface area contributed by atoms with Gasteiger partial charge in [0.1, 0.15) is 0 Å². The first-order valence-corrected chi connectivity index (χ1v) is 16.5. The van der Waals surface area contributed by atoms with Crippen LogP contribution in [0.25, 0.3) is 0 Å². The summed E-state index contributed by atoms with van der Waals surface area (Å²) in [5, 5.41) is 7.95. The third kappa shape index (κ3) is 11.3. The Labute approximate surface area is 220 Å². The standard InChI is InChI=1S/C18H30Cl3INO7PS/c1-4-6-8-25-13-12(10-27-32(22)31)29-16(30-17(23)18(19,20)21)15(28-11(3)24)14(13)26-9-7-5-2/h12-16,23,32H,4-10H2,1-3H3. The number of rotatable bonds is 12. The minimum atomic E-state index is -2.12. The molecule has 0 spiro atoms. The molecule has 14 heteroatoms. The van der Waals surface area contributed by atoms with Gasteiger partial charge in [0.15, 0.2) is 0 Å². The predicted molar refractivity (Wildman–Crippen MR) is 138 cm³/mol. The molecule has 1 heterocycles. The van der Waals surface area contributed by atoms with Crippen molar-refractivity contribution in [2.75, 3.05) is 19.8 Å². The van der Waals surface area contributed by atoms with Crippen molar-refractivity contribution in [3.63, 3.8) is 0 Å². The Morgan fingerprint density at radius 2 is 1.66 bits per heavy atom. The molecule has 188 valence electrons. The number of thiol groups is 1. The van der Waals surface area contributed by atoms with Gasteiger partial charge in [0.25, 0.3) is 0 Å². The molecular formula is C18H30Cl3INO7PS. The second kappa shape index (κ2) is 16.0. The summed E-state index contributed by atoms with van der Waals surface area (Å²) in [6.07, 6.45) is -0.901. The predicted octanol–water partition coefficient (Wildman–Crippen LogP) is 5.99. The van der Waals surface area contributed by atoms with E-state index in [0.717, 1.165) is 25.7 Å². The van der Waals surface area contributed by atoms with E-state index in [0.29, 0.717) is 13.2 Å². The SMILES string of the molecule is CCCCOC1C(CO[SH](#P)I)OC(OC(=N)C(Cl)(Cl)Cl)C(OC(C)=O)C1OCCCC. The molecule has 0 saturated carbocycles. The average molecular weight is 669 g/mol. The molecule has 0 aromatic heterocycles. The monoisotopic (exact) mass is 667 g/mol. The normalized spacial score (nSPS) is 27.0. The number of nitrogens with one attached hydrogen (secondary N) is 1. The maximum atomic E-state index is 11.9. The Bertz CT molecular complexity index is 679. The van der Waals surface area contributed by atoms with Gasteiger partial charge < -0.3 is 0 Å². The first-order valence-electron chi connectivity index (χ1n) is 10.2. The van der Waals surface area contributed by atoms with Crippen LogP contribution < -0.4 is 0 Å². The van der Waals surface area contributed by atoms with Crippen molar-refractivity contribution in [2.24, 2.45) is 0 Å². The van der Waals surface area contributed by atoms with Crippen molar-refractivity contribution in [3.8, 4) is 0 Å². The topological polar surface area (TPSA) is 96.3 Å². The fraction of sp³-hybridized carbons (Fsp3) is 0.889. The molecule has 1 aliphatic heterocycles. The molecule has 1 fully saturated rings. The Morgan fingerprint density at radius 1 is 1.09 bits per heavy atom. The minimum absolute atomic E-state index is 0.121. The molecule has 0 aromatic carbocycles. The van der Waals surface area contributed by atoms with Crippen molar-refractivity contribution in [2.45, 2.75) is 81.0 Å². The number of esters is 1. The van der Waals surface area contributed by atoms with Crippen LogP contribution in [0.3, 0.4) is 0 Å². The molecule has 0 aromatic rings. The van der Waals surface area contributed by atoms with Crippen molar-refractivity contribution in [1.29, 1.82) is 5.41 Å². The van der Waals surface area contributed by atoms with Crippen LogP contribution in [0.1, 0.15) is 46.5 Å². The van der Waals surface area contributed by atoms with Crippen LogP contribution in [0.5, 0.6) is 0 Å². The van der Waals surface area contributed by atoms with E-state index in [1.807, 2.05) is 6.92 Å². The van der Waals surface area contributed by atoms with Crippen LogP contribution in [0.15, 0.2) is 0 Å². The second-order valence-corrected chi connectivity index (χ2v) is 16.0. The molecule has 1 N–H and O–H groups in total. The van der Waals surface area contributed by atoms with Gasteiger partial charge >= 0.3 is 222 Å². The second-order valence-electron chi connectivity index (χ2n) is 6.96. The molecule has 0 bridgehead atoms. The van der Waals surface area contributed by atoms with Gasteiger partial charge in [-0.15, -0.1) is 0 Å². The number of hydrogen-bond donors (Lipinski definition) is 2. The Hall–Kier alpha value is 1.16. The number of unbranched alkanes of at least 4 members (excludes halogenated alkanes) is 2. The molecule has 6 atom stereocenters. The van der Waals surface area contributed by atoms with E-state index in [-0.39, 0.29) is 6.61 Å². The zero-order chi connectivity index (χ0) is 24.3. The maximum absolute atomic E-state index is 11.9. The summed E-state index contributed by atoms with van der Waals surface area (Å²) in [5.74, 6) is -1.25. The molecular weight excluding hydrogens is 639 g/mol. The fourth-order valence-corrected chi connectivity index (χ4v) is 3.95. The first kappa shape index (κ1) is 31.2. The average Bonchev–Trinajstić information content (AvgIpc) is 2.69. The Balaban J connectivity index is 3.28. The number of hydrogen-bond acceptors (Lipinski definition) is 8. The Morgan fingerprint density at radius 3 is 2.12 bits per heavy atom. The van der Waals surface area contributed by atoms with Gasteiger partial charge in [-0.25, -0.2) is 0 Å². The quantitative estimate of drug-likeness (QED) is 0.0386. The molecule has 32 heavy (non-hydrogen) atoms. The summed E-state index contributed by atoms with van der Waals surface area (Å²) in [6, 6.07) is 0. The van der Waals surface area contributed by atoms with E-state index in [1.165, 1.54) is 6.92 Å². The van der Waals surface area contributed by atoms with Gasteiger partial charge in [0.05, 0.1) is 0 Å². The summed E-state index contributed by atoms with van der Waals surface area (Å²) in [5.41, 5.74) is 0. The number of halogens is 4. The number of alkyl halides is 3. The van der Waals surface area contributed by atoms with E-state index in [9.17, 15) is 4.79 Å². The molecule has 8 nitrogen and oxygen atoms in total. The van der Waals surface area contributed by atoms with Gasteiger partial charge in [-0.3, -0.25) is 0 Å². The molecule has 1 aliphatic rings. The van der Waals surface area contributed by atoms with E-state index in [4.69, 9.17) is 68.1 Å². The van der Waals surface area contributed by atoms with Crippen LogP contribution in [-0.2, 0) is 32.7 Å². The fourth-order valence-electron chi connectivity index (χ4n) is 2.86. The van der Waals surface area contributed by atoms with Crippen LogP contribution in [-0.4, -0.2) is 66.2 Å². The van der Waals surface area contributed by atoms with Crippen LogP contribution >= 0.6 is 71.1 Å². The summed E-state index contributed by atoms with van der Waals surface area (Å²) < 4.78 is 32.8. The summed E-state index contributed by atoms with van der Waals surface area (Å²) in [7, 11) is 3.29. The zero-order valence-electron chi connectivity index (χ0n) is 18.1. The number of ether oxygens (including phenoxy) is 5. The van der Waals surface area contributed by atoms with E-state index < -0.39 is 53.7 Å². The third-order valence-electron chi connectivity index (χ3n) is 4.35. The van der Waals surface area contributed by atoms with Crippen molar-refractivity contribution >= 4 is 83.0 Å². The molecule has 6 unspecified atom stereocenters. The number of carbonyl (C=O) groups excluding carboxylic acids is 1. The van der Waals surface area contributed by atoms with Crippen LogP contribution in [0.4, 0.5) is 0 Å². The summed E-state index contributed by atoms with van der Waals surface area (Å²) >= 11 is 19.4.